The fraction of sp³-hybridized carbons (Fsp3) is 0.211. The molecule has 6 nitrogen and oxygen atoms in total. The van der Waals surface area contributed by atoms with Crippen LogP contribution in [-0.4, -0.2) is 25.6 Å². The molecule has 0 unspecified atom stereocenters. The number of H-pyrrole nitrogens is 1. The standard InChI is InChI=1S/C19H21N3O3S/c1-12-4-9-18-17(10-12)16(13(2)20-18)11-19(23)21-14-5-7-15(8-6-14)22-26(3,24)25/h4-10,20,22H,11H2,1-3H3,(H,21,23). The number of carbonyl (C=O) groups excluding carboxylic acids is 1. The maximum Gasteiger partial charge on any atom is 0.229 e. The number of carbonyl (C=O) groups is 1. The van der Waals surface area contributed by atoms with Crippen molar-refractivity contribution in [3.05, 3.63) is 59.3 Å². The largest absolute Gasteiger partial charge is 0.358 e. The number of anilines is 2. The van der Waals surface area contributed by atoms with Gasteiger partial charge in [0, 0.05) is 28.0 Å². The number of nitrogens with one attached hydrogen (secondary N) is 3. The van der Waals surface area contributed by atoms with E-state index in [9.17, 15) is 13.2 Å². The Labute approximate surface area is 152 Å². The van der Waals surface area contributed by atoms with E-state index in [4.69, 9.17) is 0 Å². The Balaban J connectivity index is 1.73. The number of benzene rings is 2. The van der Waals surface area contributed by atoms with E-state index < -0.39 is 10.0 Å². The van der Waals surface area contributed by atoms with Crippen LogP contribution in [0.25, 0.3) is 10.9 Å². The summed E-state index contributed by atoms with van der Waals surface area (Å²) < 4.78 is 24.8. The molecular weight excluding hydrogens is 350 g/mol. The van der Waals surface area contributed by atoms with E-state index in [0.29, 0.717) is 11.4 Å². The smallest absolute Gasteiger partial charge is 0.229 e. The number of amides is 1. The van der Waals surface area contributed by atoms with Gasteiger partial charge in [0.05, 0.1) is 12.7 Å². The van der Waals surface area contributed by atoms with Crippen LogP contribution >= 0.6 is 0 Å². The number of hydrogen-bond acceptors (Lipinski definition) is 3. The molecule has 1 amide bonds. The van der Waals surface area contributed by atoms with Gasteiger partial charge >= 0.3 is 0 Å². The number of aromatic amines is 1. The van der Waals surface area contributed by atoms with Crippen LogP contribution in [0.3, 0.4) is 0 Å². The summed E-state index contributed by atoms with van der Waals surface area (Å²) in [4.78, 5) is 15.7. The molecule has 2 aromatic carbocycles. The third-order valence-electron chi connectivity index (χ3n) is 4.08. The fourth-order valence-corrected chi connectivity index (χ4v) is 3.49. The van der Waals surface area contributed by atoms with Crippen molar-refractivity contribution >= 4 is 38.2 Å². The molecule has 0 atom stereocenters. The van der Waals surface area contributed by atoms with Gasteiger partial charge in [-0.3, -0.25) is 9.52 Å². The van der Waals surface area contributed by atoms with Crippen LogP contribution in [0.4, 0.5) is 11.4 Å². The van der Waals surface area contributed by atoms with E-state index in [1.165, 1.54) is 0 Å². The van der Waals surface area contributed by atoms with Crippen molar-refractivity contribution in [1.82, 2.24) is 4.98 Å². The number of hydrogen-bond donors (Lipinski definition) is 3. The number of fused-ring (bicyclic) bond motifs is 1. The SMILES string of the molecule is Cc1ccc2[nH]c(C)c(CC(=O)Nc3ccc(NS(C)(=O)=O)cc3)c2c1. The average Bonchev–Trinajstić information content (AvgIpc) is 2.83. The molecule has 0 fully saturated rings. The molecule has 0 bridgehead atoms. The lowest BCUT2D eigenvalue weighted by Gasteiger charge is -2.08. The Morgan fingerprint density at radius 2 is 1.69 bits per heavy atom. The molecule has 0 saturated heterocycles. The van der Waals surface area contributed by atoms with Crippen molar-refractivity contribution in [3.8, 4) is 0 Å². The molecule has 1 aromatic heterocycles. The summed E-state index contributed by atoms with van der Waals surface area (Å²) in [5.74, 6) is -0.126. The van der Waals surface area contributed by atoms with Crippen molar-refractivity contribution < 1.29 is 13.2 Å². The van der Waals surface area contributed by atoms with Crippen LogP contribution < -0.4 is 10.0 Å². The van der Waals surface area contributed by atoms with Crippen molar-refractivity contribution in [1.29, 1.82) is 0 Å². The minimum atomic E-state index is -3.32. The summed E-state index contributed by atoms with van der Waals surface area (Å²) in [6.07, 6.45) is 1.35. The third-order valence-corrected chi connectivity index (χ3v) is 4.69. The van der Waals surface area contributed by atoms with E-state index in [1.807, 2.05) is 26.0 Å². The Morgan fingerprint density at radius 3 is 2.35 bits per heavy atom. The summed E-state index contributed by atoms with van der Waals surface area (Å²) in [6, 6.07) is 12.7. The van der Waals surface area contributed by atoms with E-state index >= 15 is 0 Å². The third kappa shape index (κ3) is 4.23. The normalized spacial score (nSPS) is 11.5. The van der Waals surface area contributed by atoms with Crippen LogP contribution in [0.15, 0.2) is 42.5 Å². The number of aryl methyl sites for hydroxylation is 2. The summed E-state index contributed by atoms with van der Waals surface area (Å²) in [6.45, 7) is 3.99. The lowest BCUT2D eigenvalue weighted by Crippen LogP contribution is -2.15. The van der Waals surface area contributed by atoms with E-state index in [-0.39, 0.29) is 12.3 Å². The number of rotatable bonds is 5. The predicted octanol–water partition coefficient (Wildman–Crippen LogP) is 3.34. The molecule has 0 aliphatic rings. The number of sulfonamides is 1. The first kappa shape index (κ1) is 18.0. The molecule has 3 rings (SSSR count). The first-order valence-corrected chi connectivity index (χ1v) is 10.1. The molecule has 0 aliphatic heterocycles. The first-order valence-electron chi connectivity index (χ1n) is 8.17. The van der Waals surface area contributed by atoms with Gasteiger partial charge in [-0.05, 0) is 55.8 Å². The van der Waals surface area contributed by atoms with Crippen LogP contribution in [0.1, 0.15) is 16.8 Å². The molecule has 7 heteroatoms. The van der Waals surface area contributed by atoms with Gasteiger partial charge in [0.2, 0.25) is 15.9 Å². The summed E-state index contributed by atoms with van der Waals surface area (Å²) in [5.41, 5.74) is 5.19. The Bertz CT molecular complexity index is 1070. The zero-order chi connectivity index (χ0) is 18.9. The van der Waals surface area contributed by atoms with Crippen molar-refractivity contribution in [2.24, 2.45) is 0 Å². The summed E-state index contributed by atoms with van der Waals surface area (Å²) in [7, 11) is -3.32. The topological polar surface area (TPSA) is 91.1 Å². The van der Waals surface area contributed by atoms with Crippen molar-refractivity contribution in [2.75, 3.05) is 16.3 Å². The minimum absolute atomic E-state index is 0.126. The first-order chi connectivity index (χ1) is 12.2. The minimum Gasteiger partial charge on any atom is -0.358 e. The maximum atomic E-state index is 12.4. The maximum absolute atomic E-state index is 12.4. The molecule has 0 aliphatic carbocycles. The van der Waals surface area contributed by atoms with E-state index in [2.05, 4.69) is 21.1 Å². The molecule has 0 spiro atoms. The Hall–Kier alpha value is -2.80. The van der Waals surface area contributed by atoms with Crippen LogP contribution in [0.5, 0.6) is 0 Å². The van der Waals surface area contributed by atoms with E-state index in [0.717, 1.165) is 34.0 Å². The zero-order valence-corrected chi connectivity index (χ0v) is 15.7. The van der Waals surface area contributed by atoms with Gasteiger partial charge in [-0.15, -0.1) is 0 Å². The lowest BCUT2D eigenvalue weighted by molar-refractivity contribution is -0.115. The fourth-order valence-electron chi connectivity index (χ4n) is 2.93. The molecule has 136 valence electrons. The molecular formula is C19H21N3O3S. The van der Waals surface area contributed by atoms with Gasteiger partial charge in [0.25, 0.3) is 0 Å². The van der Waals surface area contributed by atoms with Gasteiger partial charge in [-0.2, -0.15) is 0 Å². The number of aromatic nitrogens is 1. The highest BCUT2D eigenvalue weighted by Crippen LogP contribution is 2.24. The quantitative estimate of drug-likeness (QED) is 0.642. The van der Waals surface area contributed by atoms with Crippen LogP contribution in [0.2, 0.25) is 0 Å². The summed E-state index contributed by atoms with van der Waals surface area (Å²) in [5, 5.41) is 3.91. The van der Waals surface area contributed by atoms with Gasteiger partial charge in [0.15, 0.2) is 0 Å². The Kier molecular flexibility index (Phi) is 4.73. The van der Waals surface area contributed by atoms with Crippen molar-refractivity contribution in [3.63, 3.8) is 0 Å². The molecule has 3 aromatic rings. The van der Waals surface area contributed by atoms with E-state index in [1.54, 1.807) is 24.3 Å². The molecule has 3 N–H and O–H groups in total. The van der Waals surface area contributed by atoms with Gasteiger partial charge in [-0.25, -0.2) is 8.42 Å². The van der Waals surface area contributed by atoms with Crippen LogP contribution in [0, 0.1) is 13.8 Å². The Morgan fingerprint density at radius 1 is 1.04 bits per heavy atom. The molecule has 26 heavy (non-hydrogen) atoms. The molecule has 0 radical (unpaired) electrons. The molecule has 0 saturated carbocycles. The van der Waals surface area contributed by atoms with Crippen molar-refractivity contribution in [2.45, 2.75) is 20.3 Å². The zero-order valence-electron chi connectivity index (χ0n) is 14.9. The summed E-state index contributed by atoms with van der Waals surface area (Å²) >= 11 is 0. The van der Waals surface area contributed by atoms with Crippen LogP contribution in [-0.2, 0) is 21.2 Å². The highest BCUT2D eigenvalue weighted by atomic mass is 32.2. The predicted molar refractivity (Wildman–Crippen MR) is 105 cm³/mol. The van der Waals surface area contributed by atoms with Gasteiger partial charge in [0.1, 0.15) is 0 Å². The monoisotopic (exact) mass is 371 g/mol. The second-order valence-electron chi connectivity index (χ2n) is 6.45. The second kappa shape index (κ2) is 6.84. The van der Waals surface area contributed by atoms with Gasteiger partial charge < -0.3 is 10.3 Å². The molecule has 1 heterocycles. The highest BCUT2D eigenvalue weighted by Gasteiger charge is 2.13. The van der Waals surface area contributed by atoms with Gasteiger partial charge in [-0.1, -0.05) is 11.6 Å². The lowest BCUT2D eigenvalue weighted by atomic mass is 10.1. The highest BCUT2D eigenvalue weighted by molar-refractivity contribution is 7.92. The second-order valence-corrected chi connectivity index (χ2v) is 8.20. The average molecular weight is 371 g/mol.